The number of hydrogen-bond donors (Lipinski definition) is 1. The molecule has 5 rings (SSSR count). The topological polar surface area (TPSA) is 103 Å². The van der Waals surface area contributed by atoms with Crippen molar-refractivity contribution in [3.05, 3.63) is 85.5 Å². The third kappa shape index (κ3) is 3.94. The summed E-state index contributed by atoms with van der Waals surface area (Å²) in [7, 11) is -2.14. The highest BCUT2D eigenvalue weighted by Gasteiger charge is 2.20. The molecule has 0 amide bonds. The van der Waals surface area contributed by atoms with Crippen LogP contribution in [0.5, 0.6) is 0 Å². The quantitative estimate of drug-likeness (QED) is 0.425. The predicted octanol–water partition coefficient (Wildman–Crippen LogP) is 4.20. The summed E-state index contributed by atoms with van der Waals surface area (Å²) in [6.07, 6.45) is 9.83. The molecule has 0 fully saturated rings. The molecule has 0 aliphatic rings. The van der Waals surface area contributed by atoms with E-state index in [-0.39, 0.29) is 5.03 Å². The summed E-state index contributed by atoms with van der Waals surface area (Å²) in [5, 5.41) is 1.07. The van der Waals surface area contributed by atoms with E-state index in [0.29, 0.717) is 11.5 Å². The fourth-order valence-electron chi connectivity index (χ4n) is 3.70. The smallest absolute Gasteiger partial charge is 0.279 e. The van der Waals surface area contributed by atoms with E-state index in [0.717, 1.165) is 33.2 Å². The van der Waals surface area contributed by atoms with E-state index in [1.165, 1.54) is 17.0 Å². The number of benzene rings is 1. The van der Waals surface area contributed by atoms with Gasteiger partial charge in [-0.3, -0.25) is 19.7 Å². The van der Waals surface area contributed by atoms with Crippen molar-refractivity contribution in [1.82, 2.24) is 24.5 Å². The molecule has 0 atom stereocenters. The molecule has 1 aromatic carbocycles. The summed E-state index contributed by atoms with van der Waals surface area (Å²) >= 11 is 0. The van der Waals surface area contributed by atoms with Crippen LogP contribution in [0.3, 0.4) is 0 Å². The van der Waals surface area contributed by atoms with Crippen molar-refractivity contribution < 1.29 is 8.42 Å². The van der Waals surface area contributed by atoms with Crippen molar-refractivity contribution in [1.29, 1.82) is 0 Å². The molecule has 9 heteroatoms. The minimum atomic E-state index is -3.80. The molecule has 0 unspecified atom stereocenters. The van der Waals surface area contributed by atoms with Crippen LogP contribution in [-0.2, 0) is 17.1 Å². The number of anilines is 1. The molecule has 4 aromatic heterocycles. The summed E-state index contributed by atoms with van der Waals surface area (Å²) in [5.74, 6) is 0.608. The van der Waals surface area contributed by atoms with Crippen molar-refractivity contribution in [2.45, 2.75) is 11.9 Å². The van der Waals surface area contributed by atoms with Gasteiger partial charge in [0.2, 0.25) is 0 Å². The molecule has 5 aromatic rings. The Kier molecular flexibility index (Phi) is 5.10. The van der Waals surface area contributed by atoms with Crippen molar-refractivity contribution in [3.8, 4) is 22.3 Å². The molecular formula is C24H20N6O2S. The second kappa shape index (κ2) is 8.10. The van der Waals surface area contributed by atoms with Crippen LogP contribution < -0.4 is 4.72 Å². The van der Waals surface area contributed by atoms with Crippen LogP contribution in [0.15, 0.2) is 84.7 Å². The monoisotopic (exact) mass is 456 g/mol. The van der Waals surface area contributed by atoms with Gasteiger partial charge in [-0.05, 0) is 60.0 Å². The van der Waals surface area contributed by atoms with Crippen molar-refractivity contribution in [2.75, 3.05) is 4.72 Å². The summed E-state index contributed by atoms with van der Waals surface area (Å²) in [4.78, 5) is 16.9. The van der Waals surface area contributed by atoms with Crippen molar-refractivity contribution >= 4 is 26.6 Å². The average molecular weight is 457 g/mol. The molecule has 164 valence electrons. The Hall–Kier alpha value is -4.11. The third-order valence-corrected chi connectivity index (χ3v) is 6.94. The Bertz CT molecular complexity index is 1580. The molecule has 0 bridgehead atoms. The maximum Gasteiger partial charge on any atom is 0.279 e. The van der Waals surface area contributed by atoms with E-state index >= 15 is 0 Å². The van der Waals surface area contributed by atoms with Gasteiger partial charge in [0.25, 0.3) is 10.0 Å². The van der Waals surface area contributed by atoms with Gasteiger partial charge in [-0.15, -0.1) is 0 Å². The number of nitrogens with zero attached hydrogens (tertiary/aromatic N) is 5. The molecular weight excluding hydrogens is 436 g/mol. The highest BCUT2D eigenvalue weighted by atomic mass is 32.2. The van der Waals surface area contributed by atoms with Gasteiger partial charge < -0.3 is 4.57 Å². The lowest BCUT2D eigenvalue weighted by molar-refractivity contribution is 0.590. The molecule has 0 aliphatic heterocycles. The number of hydrogen-bond acceptors (Lipinski definition) is 6. The normalized spacial score (nSPS) is 11.6. The average Bonchev–Trinajstić information content (AvgIpc) is 3.18. The van der Waals surface area contributed by atoms with E-state index in [1.54, 1.807) is 44.8 Å². The molecule has 0 spiro atoms. The molecule has 1 N–H and O–H groups in total. The fourth-order valence-corrected chi connectivity index (χ4v) is 4.91. The van der Waals surface area contributed by atoms with Crippen molar-refractivity contribution in [3.63, 3.8) is 0 Å². The van der Waals surface area contributed by atoms with Gasteiger partial charge in [-0.1, -0.05) is 6.07 Å². The van der Waals surface area contributed by atoms with E-state index in [9.17, 15) is 8.42 Å². The van der Waals surface area contributed by atoms with Gasteiger partial charge in [0.15, 0.2) is 5.03 Å². The van der Waals surface area contributed by atoms with Gasteiger partial charge in [0, 0.05) is 42.8 Å². The van der Waals surface area contributed by atoms with Gasteiger partial charge in [0.1, 0.15) is 5.82 Å². The minimum Gasteiger partial charge on any atom is -0.321 e. The van der Waals surface area contributed by atoms with Crippen LogP contribution >= 0.6 is 0 Å². The zero-order valence-corrected chi connectivity index (χ0v) is 18.8. The Labute approximate surface area is 191 Å². The lowest BCUT2D eigenvalue weighted by Gasteiger charge is -2.11. The highest BCUT2D eigenvalue weighted by molar-refractivity contribution is 7.92. The first kappa shape index (κ1) is 20.8. The molecule has 0 radical (unpaired) electrons. The maximum atomic E-state index is 12.8. The van der Waals surface area contributed by atoms with E-state index in [2.05, 4.69) is 24.7 Å². The van der Waals surface area contributed by atoms with Gasteiger partial charge in [-0.2, -0.15) is 8.42 Å². The standard InChI is InChI=1S/C24H20N6O2S/c1-16-28-15-24(30(16)2)33(31,32)29-20-11-19(13-26-14-20)18-3-4-23-22(12-18)21(7-10-27-23)17-5-8-25-9-6-17/h3-15,29H,1-2H3. The fraction of sp³-hybridized carbons (Fsp3) is 0.0833. The van der Waals surface area contributed by atoms with Crippen LogP contribution in [0.25, 0.3) is 33.2 Å². The predicted molar refractivity (Wildman–Crippen MR) is 127 cm³/mol. The molecule has 8 nitrogen and oxygen atoms in total. The summed E-state index contributed by atoms with van der Waals surface area (Å²) in [6.45, 7) is 1.75. The largest absolute Gasteiger partial charge is 0.321 e. The second-order valence-electron chi connectivity index (χ2n) is 7.60. The first-order chi connectivity index (χ1) is 15.9. The van der Waals surface area contributed by atoms with Gasteiger partial charge >= 0.3 is 0 Å². The van der Waals surface area contributed by atoms with E-state index in [1.807, 2.05) is 36.4 Å². The SMILES string of the molecule is Cc1ncc(S(=O)(=O)Nc2cncc(-c3ccc4nccc(-c5ccncc5)c4c3)c2)n1C. The molecule has 33 heavy (non-hydrogen) atoms. The number of sulfonamides is 1. The number of aromatic nitrogens is 5. The number of rotatable bonds is 5. The third-order valence-electron chi connectivity index (χ3n) is 5.51. The van der Waals surface area contributed by atoms with Gasteiger partial charge in [-0.25, -0.2) is 4.98 Å². The van der Waals surface area contributed by atoms with Gasteiger partial charge in [0.05, 0.1) is 23.6 Å². The lowest BCUT2D eigenvalue weighted by Crippen LogP contribution is -2.16. The Morgan fingerprint density at radius 1 is 0.818 bits per heavy atom. The lowest BCUT2D eigenvalue weighted by atomic mass is 9.98. The van der Waals surface area contributed by atoms with Crippen LogP contribution in [-0.4, -0.2) is 32.9 Å². The molecule has 4 heterocycles. The first-order valence-corrected chi connectivity index (χ1v) is 11.7. The van der Waals surface area contributed by atoms with E-state index < -0.39 is 10.0 Å². The molecule has 0 saturated heterocycles. The zero-order valence-electron chi connectivity index (χ0n) is 18.0. The Morgan fingerprint density at radius 2 is 1.64 bits per heavy atom. The number of imidazole rings is 1. The Balaban J connectivity index is 1.54. The Morgan fingerprint density at radius 3 is 2.39 bits per heavy atom. The van der Waals surface area contributed by atoms with Crippen molar-refractivity contribution in [2.24, 2.45) is 7.05 Å². The maximum absolute atomic E-state index is 12.8. The number of pyridine rings is 3. The van der Waals surface area contributed by atoms with Crippen LogP contribution in [0.4, 0.5) is 5.69 Å². The van der Waals surface area contributed by atoms with E-state index in [4.69, 9.17) is 0 Å². The summed E-state index contributed by atoms with van der Waals surface area (Å²) in [6, 6.07) is 13.6. The second-order valence-corrected chi connectivity index (χ2v) is 9.23. The summed E-state index contributed by atoms with van der Waals surface area (Å²) in [5.41, 5.74) is 5.00. The number of fused-ring (bicyclic) bond motifs is 1. The molecule has 0 saturated carbocycles. The number of aryl methyl sites for hydroxylation is 1. The zero-order chi connectivity index (χ0) is 23.0. The summed E-state index contributed by atoms with van der Waals surface area (Å²) < 4.78 is 29.8. The van der Waals surface area contributed by atoms with Crippen LogP contribution in [0.2, 0.25) is 0 Å². The number of nitrogens with one attached hydrogen (secondary N) is 1. The molecule has 0 aliphatic carbocycles. The highest BCUT2D eigenvalue weighted by Crippen LogP contribution is 2.31. The minimum absolute atomic E-state index is 0.0872. The first-order valence-electron chi connectivity index (χ1n) is 10.2. The van der Waals surface area contributed by atoms with Crippen LogP contribution in [0, 0.1) is 6.92 Å². The van der Waals surface area contributed by atoms with Crippen LogP contribution in [0.1, 0.15) is 5.82 Å².